The highest BCUT2D eigenvalue weighted by atomic mass is 16.4. The van der Waals surface area contributed by atoms with Crippen molar-refractivity contribution >= 4 is 5.97 Å². The SMILES string of the molecule is Cc1cc(C(C)(C)C(O)C(=O)O)ccn1. The summed E-state index contributed by atoms with van der Waals surface area (Å²) >= 11 is 0. The molecule has 0 aliphatic carbocycles. The number of aliphatic hydroxyl groups is 1. The Kier molecular flexibility index (Phi) is 3.09. The van der Waals surface area contributed by atoms with Gasteiger partial charge in [0.2, 0.25) is 0 Å². The molecule has 4 nitrogen and oxygen atoms in total. The summed E-state index contributed by atoms with van der Waals surface area (Å²) in [5.41, 5.74) is 0.752. The molecule has 0 amide bonds. The molecule has 0 fully saturated rings. The number of nitrogens with zero attached hydrogens (tertiary/aromatic N) is 1. The summed E-state index contributed by atoms with van der Waals surface area (Å²) in [4.78, 5) is 14.8. The van der Waals surface area contributed by atoms with Crippen molar-refractivity contribution < 1.29 is 15.0 Å². The minimum atomic E-state index is -1.42. The molecule has 0 saturated heterocycles. The quantitative estimate of drug-likeness (QED) is 0.782. The second-order valence-corrected chi connectivity index (χ2v) is 4.15. The summed E-state index contributed by atoms with van der Waals surface area (Å²) in [6.45, 7) is 5.22. The molecule has 0 aliphatic heterocycles. The molecule has 2 N–H and O–H groups in total. The van der Waals surface area contributed by atoms with E-state index in [1.807, 2.05) is 6.92 Å². The Labute approximate surface area is 88.6 Å². The van der Waals surface area contributed by atoms with Crippen LogP contribution in [-0.2, 0) is 10.2 Å². The van der Waals surface area contributed by atoms with Crippen LogP contribution in [0.1, 0.15) is 25.1 Å². The monoisotopic (exact) mass is 209 g/mol. The van der Waals surface area contributed by atoms with Crippen LogP contribution in [0.15, 0.2) is 18.3 Å². The maximum Gasteiger partial charge on any atom is 0.333 e. The molecule has 0 aliphatic rings. The zero-order chi connectivity index (χ0) is 11.6. The number of rotatable bonds is 3. The van der Waals surface area contributed by atoms with E-state index in [0.29, 0.717) is 0 Å². The number of pyridine rings is 1. The molecule has 0 bridgehead atoms. The number of aliphatic hydroxyl groups excluding tert-OH is 1. The van der Waals surface area contributed by atoms with E-state index in [1.165, 1.54) is 0 Å². The van der Waals surface area contributed by atoms with E-state index in [-0.39, 0.29) is 0 Å². The van der Waals surface area contributed by atoms with E-state index >= 15 is 0 Å². The molecule has 0 radical (unpaired) electrons. The first-order chi connectivity index (χ1) is 6.85. The second-order valence-electron chi connectivity index (χ2n) is 4.15. The standard InChI is InChI=1S/C11H15NO3/c1-7-6-8(4-5-12-7)11(2,3)9(13)10(14)15/h4-6,9,13H,1-3H3,(H,14,15). The molecule has 1 atom stereocenters. The molecule has 1 aromatic heterocycles. The molecule has 4 heteroatoms. The first-order valence-electron chi connectivity index (χ1n) is 4.69. The van der Waals surface area contributed by atoms with Gasteiger partial charge in [-0.05, 0) is 24.6 Å². The highest BCUT2D eigenvalue weighted by molar-refractivity contribution is 5.74. The normalized spacial score (nSPS) is 13.6. The fourth-order valence-electron chi connectivity index (χ4n) is 1.41. The van der Waals surface area contributed by atoms with Gasteiger partial charge >= 0.3 is 5.97 Å². The molecular weight excluding hydrogens is 194 g/mol. The fourth-order valence-corrected chi connectivity index (χ4v) is 1.41. The number of hydrogen-bond donors (Lipinski definition) is 2. The van der Waals surface area contributed by atoms with Crippen molar-refractivity contribution in [3.05, 3.63) is 29.6 Å². The Balaban J connectivity index is 3.10. The topological polar surface area (TPSA) is 70.4 Å². The minimum absolute atomic E-state index is 0.768. The number of carboxylic acid groups (broad SMARTS) is 1. The highest BCUT2D eigenvalue weighted by Crippen LogP contribution is 2.27. The smallest absolute Gasteiger partial charge is 0.333 e. The van der Waals surface area contributed by atoms with Crippen molar-refractivity contribution in [2.24, 2.45) is 0 Å². The number of aryl methyl sites for hydroxylation is 1. The number of aliphatic carboxylic acids is 1. The molecule has 0 saturated carbocycles. The van der Waals surface area contributed by atoms with Crippen LogP contribution in [0.5, 0.6) is 0 Å². The minimum Gasteiger partial charge on any atom is -0.479 e. The van der Waals surface area contributed by atoms with Crippen LogP contribution < -0.4 is 0 Å². The molecule has 0 spiro atoms. The molecule has 0 aromatic carbocycles. The molecule has 1 aromatic rings. The lowest BCUT2D eigenvalue weighted by molar-refractivity contribution is -0.150. The van der Waals surface area contributed by atoms with Gasteiger partial charge < -0.3 is 10.2 Å². The highest BCUT2D eigenvalue weighted by Gasteiger charge is 2.35. The van der Waals surface area contributed by atoms with Crippen LogP contribution in [0.2, 0.25) is 0 Å². The zero-order valence-electron chi connectivity index (χ0n) is 9.06. The summed E-state index contributed by atoms with van der Waals surface area (Å²) in [6, 6.07) is 3.51. The summed E-state index contributed by atoms with van der Waals surface area (Å²) in [5.74, 6) is -1.21. The van der Waals surface area contributed by atoms with E-state index in [1.54, 1.807) is 32.2 Å². The third-order valence-corrected chi connectivity index (χ3v) is 2.56. The first kappa shape index (κ1) is 11.7. The maximum absolute atomic E-state index is 10.7. The second kappa shape index (κ2) is 3.98. The van der Waals surface area contributed by atoms with Gasteiger partial charge in [0.15, 0.2) is 6.10 Å². The molecule has 1 unspecified atom stereocenters. The van der Waals surface area contributed by atoms with Gasteiger partial charge in [-0.25, -0.2) is 4.79 Å². The fraction of sp³-hybridized carbons (Fsp3) is 0.455. The molecular formula is C11H15NO3. The van der Waals surface area contributed by atoms with Gasteiger partial charge in [-0.15, -0.1) is 0 Å². The average molecular weight is 209 g/mol. The number of aromatic nitrogens is 1. The molecule has 82 valence electrons. The number of carbonyl (C=O) groups is 1. The summed E-state index contributed by atoms with van der Waals surface area (Å²) in [7, 11) is 0. The maximum atomic E-state index is 10.7. The van der Waals surface area contributed by atoms with Crippen molar-refractivity contribution in [3.63, 3.8) is 0 Å². The molecule has 1 rings (SSSR count). The molecule has 1 heterocycles. The van der Waals surface area contributed by atoms with Crippen LogP contribution in [0, 0.1) is 6.92 Å². The lowest BCUT2D eigenvalue weighted by atomic mass is 9.79. The largest absolute Gasteiger partial charge is 0.479 e. The van der Waals surface area contributed by atoms with E-state index in [2.05, 4.69) is 4.98 Å². The van der Waals surface area contributed by atoms with E-state index in [4.69, 9.17) is 5.11 Å². The lowest BCUT2D eigenvalue weighted by Gasteiger charge is -2.28. The summed E-state index contributed by atoms with van der Waals surface area (Å²) in [5, 5.41) is 18.4. The van der Waals surface area contributed by atoms with Crippen molar-refractivity contribution in [1.82, 2.24) is 4.98 Å². The van der Waals surface area contributed by atoms with Crippen molar-refractivity contribution in [3.8, 4) is 0 Å². The first-order valence-corrected chi connectivity index (χ1v) is 4.69. The summed E-state index contributed by atoms with van der Waals surface area (Å²) in [6.07, 6.45) is 0.195. The van der Waals surface area contributed by atoms with Gasteiger partial charge in [0.05, 0.1) is 0 Å². The van der Waals surface area contributed by atoms with E-state index in [9.17, 15) is 9.90 Å². The van der Waals surface area contributed by atoms with Gasteiger partial charge in [-0.3, -0.25) is 4.98 Å². The van der Waals surface area contributed by atoms with E-state index in [0.717, 1.165) is 11.3 Å². The van der Waals surface area contributed by atoms with Crippen LogP contribution in [0.3, 0.4) is 0 Å². The van der Waals surface area contributed by atoms with Gasteiger partial charge in [0, 0.05) is 17.3 Å². The number of hydrogen-bond acceptors (Lipinski definition) is 3. The Hall–Kier alpha value is -1.42. The Bertz CT molecular complexity index is 374. The van der Waals surface area contributed by atoms with Gasteiger partial charge in [0.1, 0.15) is 0 Å². The lowest BCUT2D eigenvalue weighted by Crippen LogP contribution is -2.39. The Morgan fingerprint density at radius 3 is 2.60 bits per heavy atom. The van der Waals surface area contributed by atoms with Crippen LogP contribution >= 0.6 is 0 Å². The average Bonchev–Trinajstić information content (AvgIpc) is 2.16. The van der Waals surface area contributed by atoms with Crippen LogP contribution in [0.4, 0.5) is 0 Å². The summed E-state index contributed by atoms with van der Waals surface area (Å²) < 4.78 is 0. The third kappa shape index (κ3) is 2.33. The van der Waals surface area contributed by atoms with Gasteiger partial charge in [-0.1, -0.05) is 13.8 Å². The number of carboxylic acids is 1. The predicted octanol–water partition coefficient (Wildman–Crippen LogP) is 1.11. The van der Waals surface area contributed by atoms with Crippen molar-refractivity contribution in [1.29, 1.82) is 0 Å². The van der Waals surface area contributed by atoms with Crippen molar-refractivity contribution in [2.45, 2.75) is 32.3 Å². The van der Waals surface area contributed by atoms with Gasteiger partial charge in [-0.2, -0.15) is 0 Å². The predicted molar refractivity (Wildman–Crippen MR) is 55.6 cm³/mol. The van der Waals surface area contributed by atoms with Gasteiger partial charge in [0.25, 0.3) is 0 Å². The van der Waals surface area contributed by atoms with Crippen LogP contribution in [-0.4, -0.2) is 27.3 Å². The van der Waals surface area contributed by atoms with E-state index < -0.39 is 17.5 Å². The third-order valence-electron chi connectivity index (χ3n) is 2.56. The van der Waals surface area contributed by atoms with Crippen molar-refractivity contribution in [2.75, 3.05) is 0 Å². The Morgan fingerprint density at radius 2 is 2.13 bits per heavy atom. The zero-order valence-corrected chi connectivity index (χ0v) is 9.06. The molecule has 15 heavy (non-hydrogen) atoms. The van der Waals surface area contributed by atoms with Crippen LogP contribution in [0.25, 0.3) is 0 Å². The Morgan fingerprint density at radius 1 is 1.53 bits per heavy atom.